The fraction of sp³-hybridized carbons (Fsp3) is 0.938. The zero-order chi connectivity index (χ0) is 50.7. The Kier molecular flexibility index (Phi) is 59.0. The van der Waals surface area contributed by atoms with E-state index < -0.39 is 12.1 Å². The van der Waals surface area contributed by atoms with Gasteiger partial charge in [-0.2, -0.15) is 0 Å². The molecule has 0 fully saturated rings. The summed E-state index contributed by atoms with van der Waals surface area (Å²) in [6, 6.07) is -0.540. The Morgan fingerprint density at radius 1 is 0.386 bits per heavy atom. The van der Waals surface area contributed by atoms with Crippen LogP contribution in [0.25, 0.3) is 0 Å². The van der Waals surface area contributed by atoms with Crippen LogP contribution in [0.2, 0.25) is 0 Å². The van der Waals surface area contributed by atoms with Crippen LogP contribution < -0.4 is 5.32 Å². The number of aliphatic hydroxyl groups is 2. The number of nitrogens with one attached hydrogen (secondary N) is 1. The molecule has 0 spiro atoms. The van der Waals surface area contributed by atoms with E-state index in [0.29, 0.717) is 25.9 Å². The number of hydrogen-bond acceptors (Lipinski definition) is 5. The Morgan fingerprint density at radius 3 is 1.06 bits per heavy atom. The molecule has 0 aromatic heterocycles. The monoisotopic (exact) mass is 988 g/mol. The van der Waals surface area contributed by atoms with Gasteiger partial charge < -0.3 is 20.3 Å². The van der Waals surface area contributed by atoms with Crippen molar-refractivity contribution in [2.45, 2.75) is 373 Å². The topological polar surface area (TPSA) is 95.9 Å². The van der Waals surface area contributed by atoms with Crippen molar-refractivity contribution in [3.8, 4) is 0 Å². The number of aliphatic hydroxyl groups excluding tert-OH is 2. The lowest BCUT2D eigenvalue weighted by molar-refractivity contribution is -0.143. The molecule has 0 saturated heterocycles. The number of carbonyl (C=O) groups is 2. The molecule has 1 amide bonds. The standard InChI is InChI=1S/C64H125NO5/c1-3-5-7-9-11-13-15-16-17-18-27-30-33-37-40-44-48-52-56-62(67)61(60-66)65-63(68)57-53-49-45-41-38-34-31-28-25-23-21-19-20-22-24-26-29-32-35-39-43-47-51-55-59-70-64(69)58-54-50-46-42-36-14-12-10-8-6-4-2/h10,12,61-62,66-67H,3-9,11,13-60H2,1-2H3,(H,65,68)/b12-10-. The van der Waals surface area contributed by atoms with Crippen molar-refractivity contribution in [3.05, 3.63) is 12.2 Å². The predicted molar refractivity (Wildman–Crippen MR) is 306 cm³/mol. The molecule has 0 rings (SSSR count). The minimum Gasteiger partial charge on any atom is -0.466 e. The van der Waals surface area contributed by atoms with Gasteiger partial charge in [-0.3, -0.25) is 9.59 Å². The number of ether oxygens (including phenoxy) is 1. The first kappa shape index (κ1) is 68.6. The highest BCUT2D eigenvalue weighted by Crippen LogP contribution is 2.19. The van der Waals surface area contributed by atoms with E-state index in [4.69, 9.17) is 4.74 Å². The van der Waals surface area contributed by atoms with Crippen molar-refractivity contribution in [1.82, 2.24) is 5.32 Å². The SMILES string of the molecule is CCCC/C=C\CCCCCCCC(=O)OCCCCCCCCCCCCCCCCCCCCCCCCCCC(=O)NC(CO)C(O)CCCCCCCCCCCCCCCCCCCC. The molecule has 0 aliphatic heterocycles. The minimum absolute atomic E-state index is 0.00504. The van der Waals surface area contributed by atoms with Crippen LogP contribution >= 0.6 is 0 Å². The Morgan fingerprint density at radius 2 is 0.686 bits per heavy atom. The molecule has 2 unspecified atom stereocenters. The van der Waals surface area contributed by atoms with Crippen molar-refractivity contribution >= 4 is 11.9 Å². The molecule has 70 heavy (non-hydrogen) atoms. The molecular formula is C64H125NO5. The summed E-state index contributed by atoms with van der Waals surface area (Å²) >= 11 is 0. The summed E-state index contributed by atoms with van der Waals surface area (Å²) < 4.78 is 5.46. The number of rotatable bonds is 60. The van der Waals surface area contributed by atoms with Crippen molar-refractivity contribution in [2.75, 3.05) is 13.2 Å². The summed E-state index contributed by atoms with van der Waals surface area (Å²) in [6.07, 6.45) is 72.3. The molecule has 0 aliphatic rings. The molecule has 2 atom stereocenters. The second kappa shape index (κ2) is 60.2. The van der Waals surface area contributed by atoms with Gasteiger partial charge in [-0.25, -0.2) is 0 Å². The van der Waals surface area contributed by atoms with Crippen LogP contribution in [0, 0.1) is 0 Å². The number of allylic oxidation sites excluding steroid dienone is 2. The second-order valence-corrected chi connectivity index (χ2v) is 22.1. The van der Waals surface area contributed by atoms with Gasteiger partial charge in [0.15, 0.2) is 0 Å². The highest BCUT2D eigenvalue weighted by atomic mass is 16.5. The Hall–Kier alpha value is -1.40. The van der Waals surface area contributed by atoms with E-state index in [0.717, 1.165) is 44.9 Å². The van der Waals surface area contributed by atoms with Crippen LogP contribution in [0.3, 0.4) is 0 Å². The Labute approximate surface area is 438 Å². The van der Waals surface area contributed by atoms with Crippen molar-refractivity contribution in [3.63, 3.8) is 0 Å². The summed E-state index contributed by atoms with van der Waals surface area (Å²) in [4.78, 5) is 24.5. The molecule has 0 bridgehead atoms. The second-order valence-electron chi connectivity index (χ2n) is 22.1. The van der Waals surface area contributed by atoms with E-state index >= 15 is 0 Å². The van der Waals surface area contributed by atoms with E-state index in [9.17, 15) is 19.8 Å². The quantitative estimate of drug-likeness (QED) is 0.0321. The molecular weight excluding hydrogens is 863 g/mol. The summed E-state index contributed by atoms with van der Waals surface area (Å²) in [5.41, 5.74) is 0. The fourth-order valence-electron chi connectivity index (χ4n) is 10.2. The van der Waals surface area contributed by atoms with Gasteiger partial charge in [-0.15, -0.1) is 0 Å². The summed E-state index contributed by atoms with van der Waals surface area (Å²) in [7, 11) is 0. The number of amides is 1. The Bertz CT molecular complexity index is 1050. The highest BCUT2D eigenvalue weighted by Gasteiger charge is 2.20. The predicted octanol–water partition coefficient (Wildman–Crippen LogP) is 20.0. The number of hydrogen-bond donors (Lipinski definition) is 3. The summed E-state index contributed by atoms with van der Waals surface area (Å²) in [5, 5.41) is 23.4. The van der Waals surface area contributed by atoms with Gasteiger partial charge in [0.1, 0.15) is 0 Å². The Balaban J connectivity index is 3.37. The van der Waals surface area contributed by atoms with Crippen LogP contribution in [0.15, 0.2) is 12.2 Å². The van der Waals surface area contributed by atoms with Gasteiger partial charge in [0.05, 0.1) is 25.4 Å². The molecule has 0 saturated carbocycles. The van der Waals surface area contributed by atoms with E-state index in [1.54, 1.807) is 0 Å². The molecule has 6 heteroatoms. The van der Waals surface area contributed by atoms with Crippen molar-refractivity contribution < 1.29 is 24.5 Å². The van der Waals surface area contributed by atoms with Gasteiger partial charge in [-0.05, 0) is 44.9 Å². The largest absolute Gasteiger partial charge is 0.466 e. The average Bonchev–Trinajstić information content (AvgIpc) is 3.36. The van der Waals surface area contributed by atoms with Gasteiger partial charge in [0.25, 0.3) is 0 Å². The first-order valence-corrected chi connectivity index (χ1v) is 31.9. The normalized spacial score (nSPS) is 12.6. The van der Waals surface area contributed by atoms with Crippen LogP contribution in [-0.2, 0) is 14.3 Å². The smallest absolute Gasteiger partial charge is 0.305 e. The molecule has 0 aromatic rings. The molecule has 0 heterocycles. The fourth-order valence-corrected chi connectivity index (χ4v) is 10.2. The summed E-state index contributed by atoms with van der Waals surface area (Å²) in [6.45, 7) is 4.94. The third-order valence-electron chi connectivity index (χ3n) is 15.1. The van der Waals surface area contributed by atoms with E-state index in [1.807, 2.05) is 0 Å². The van der Waals surface area contributed by atoms with Gasteiger partial charge in [-0.1, -0.05) is 315 Å². The number of carbonyl (C=O) groups excluding carboxylic acids is 2. The van der Waals surface area contributed by atoms with Crippen molar-refractivity contribution in [1.29, 1.82) is 0 Å². The maximum atomic E-state index is 12.5. The van der Waals surface area contributed by atoms with E-state index in [1.165, 1.54) is 283 Å². The maximum absolute atomic E-state index is 12.5. The lowest BCUT2D eigenvalue weighted by Gasteiger charge is -2.22. The average molecular weight is 989 g/mol. The van der Waals surface area contributed by atoms with Crippen LogP contribution in [0.4, 0.5) is 0 Å². The first-order chi connectivity index (χ1) is 34.5. The number of esters is 1. The third-order valence-corrected chi connectivity index (χ3v) is 15.1. The zero-order valence-electron chi connectivity index (χ0n) is 47.5. The maximum Gasteiger partial charge on any atom is 0.305 e. The van der Waals surface area contributed by atoms with E-state index in [2.05, 4.69) is 31.3 Å². The lowest BCUT2D eigenvalue weighted by Crippen LogP contribution is -2.45. The van der Waals surface area contributed by atoms with Crippen LogP contribution in [-0.4, -0.2) is 47.4 Å². The molecule has 0 radical (unpaired) electrons. The van der Waals surface area contributed by atoms with Gasteiger partial charge in [0.2, 0.25) is 5.91 Å². The van der Waals surface area contributed by atoms with Gasteiger partial charge in [0, 0.05) is 12.8 Å². The zero-order valence-corrected chi connectivity index (χ0v) is 47.5. The molecule has 0 aliphatic carbocycles. The molecule has 3 N–H and O–H groups in total. The minimum atomic E-state index is -0.663. The first-order valence-electron chi connectivity index (χ1n) is 31.9. The lowest BCUT2D eigenvalue weighted by atomic mass is 10.0. The highest BCUT2D eigenvalue weighted by molar-refractivity contribution is 5.76. The third kappa shape index (κ3) is 55.9. The summed E-state index contributed by atoms with van der Waals surface area (Å²) in [5.74, 6) is -0.0252. The van der Waals surface area contributed by atoms with Crippen molar-refractivity contribution in [2.24, 2.45) is 0 Å². The van der Waals surface area contributed by atoms with E-state index in [-0.39, 0.29) is 18.5 Å². The molecule has 416 valence electrons. The molecule has 0 aromatic carbocycles. The van der Waals surface area contributed by atoms with Crippen LogP contribution in [0.1, 0.15) is 361 Å². The van der Waals surface area contributed by atoms with Gasteiger partial charge >= 0.3 is 5.97 Å². The number of unbranched alkanes of at least 4 members (excludes halogenated alkanes) is 47. The molecule has 6 nitrogen and oxygen atoms in total. The van der Waals surface area contributed by atoms with Crippen LogP contribution in [0.5, 0.6) is 0 Å².